The van der Waals surface area contributed by atoms with Crippen LogP contribution in [0.5, 0.6) is 0 Å². The first-order chi connectivity index (χ1) is 9.01. The summed E-state index contributed by atoms with van der Waals surface area (Å²) in [6.45, 7) is 6.51. The summed E-state index contributed by atoms with van der Waals surface area (Å²) in [6, 6.07) is 7.46. The number of carbonyl (C=O) groups is 2. The van der Waals surface area contributed by atoms with Crippen LogP contribution in [0.15, 0.2) is 24.3 Å². The van der Waals surface area contributed by atoms with E-state index in [4.69, 9.17) is 0 Å². The molecule has 19 heavy (non-hydrogen) atoms. The lowest BCUT2D eigenvalue weighted by Gasteiger charge is -2.24. The van der Waals surface area contributed by atoms with Gasteiger partial charge in [0, 0.05) is 18.7 Å². The molecule has 1 unspecified atom stereocenters. The monoisotopic (exact) mass is 263 g/mol. The summed E-state index contributed by atoms with van der Waals surface area (Å²) in [5, 5.41) is 0. The first kappa shape index (κ1) is 15.2. The minimum Gasteiger partial charge on any atom is -0.469 e. The zero-order valence-electron chi connectivity index (χ0n) is 12.0. The number of esters is 1. The summed E-state index contributed by atoms with van der Waals surface area (Å²) in [4.78, 5) is 25.5. The van der Waals surface area contributed by atoms with Crippen molar-refractivity contribution in [3.63, 3.8) is 0 Å². The number of methoxy groups -OCH3 is 1. The van der Waals surface area contributed by atoms with Gasteiger partial charge in [0.25, 0.3) is 5.91 Å². The number of nitrogens with zero attached hydrogens (tertiary/aromatic N) is 1. The van der Waals surface area contributed by atoms with Gasteiger partial charge in [0.1, 0.15) is 0 Å². The van der Waals surface area contributed by atoms with Crippen molar-refractivity contribution in [3.05, 3.63) is 35.4 Å². The Morgan fingerprint density at radius 1 is 1.32 bits per heavy atom. The number of hydrogen-bond donors (Lipinski definition) is 0. The van der Waals surface area contributed by atoms with Crippen molar-refractivity contribution in [2.24, 2.45) is 5.92 Å². The van der Waals surface area contributed by atoms with Gasteiger partial charge in [-0.3, -0.25) is 9.59 Å². The fourth-order valence-corrected chi connectivity index (χ4v) is 1.95. The third-order valence-corrected chi connectivity index (χ3v) is 3.14. The molecule has 1 rings (SSSR count). The van der Waals surface area contributed by atoms with Crippen molar-refractivity contribution >= 4 is 11.9 Å². The van der Waals surface area contributed by atoms with Crippen molar-refractivity contribution in [2.45, 2.75) is 20.8 Å². The van der Waals surface area contributed by atoms with Crippen LogP contribution in [0.25, 0.3) is 0 Å². The number of ether oxygens (including phenoxy) is 1. The number of rotatable bonds is 5. The van der Waals surface area contributed by atoms with E-state index in [-0.39, 0.29) is 17.8 Å². The highest BCUT2D eigenvalue weighted by molar-refractivity contribution is 5.95. The molecule has 0 fully saturated rings. The summed E-state index contributed by atoms with van der Waals surface area (Å²) >= 11 is 0. The number of carbonyl (C=O) groups excluding carboxylic acids is 2. The lowest BCUT2D eigenvalue weighted by molar-refractivity contribution is -0.145. The Morgan fingerprint density at radius 2 is 1.95 bits per heavy atom. The number of hydrogen-bond acceptors (Lipinski definition) is 3. The molecule has 0 spiro atoms. The van der Waals surface area contributed by atoms with Gasteiger partial charge in [0.05, 0.1) is 13.0 Å². The van der Waals surface area contributed by atoms with Crippen molar-refractivity contribution in [3.8, 4) is 0 Å². The van der Waals surface area contributed by atoms with Gasteiger partial charge in [-0.15, -0.1) is 0 Å². The third-order valence-electron chi connectivity index (χ3n) is 3.14. The van der Waals surface area contributed by atoms with Gasteiger partial charge in [0.15, 0.2) is 0 Å². The second-order valence-electron chi connectivity index (χ2n) is 4.58. The topological polar surface area (TPSA) is 46.6 Å². The van der Waals surface area contributed by atoms with E-state index in [9.17, 15) is 9.59 Å². The molecule has 0 aliphatic carbocycles. The molecular formula is C15H21NO3. The minimum atomic E-state index is -0.321. The lowest BCUT2D eigenvalue weighted by Crippen LogP contribution is -2.37. The minimum absolute atomic E-state index is 0.0450. The molecule has 1 aromatic rings. The molecule has 1 amide bonds. The van der Waals surface area contributed by atoms with Crippen LogP contribution in [0.3, 0.4) is 0 Å². The number of benzene rings is 1. The second kappa shape index (κ2) is 6.92. The number of amides is 1. The van der Waals surface area contributed by atoms with Crippen LogP contribution in [0.2, 0.25) is 0 Å². The van der Waals surface area contributed by atoms with Crippen LogP contribution in [0.4, 0.5) is 0 Å². The van der Waals surface area contributed by atoms with Crippen molar-refractivity contribution in [1.82, 2.24) is 4.90 Å². The Balaban J connectivity index is 2.83. The first-order valence-electron chi connectivity index (χ1n) is 6.44. The highest BCUT2D eigenvalue weighted by atomic mass is 16.5. The van der Waals surface area contributed by atoms with E-state index in [2.05, 4.69) is 4.74 Å². The smallest absolute Gasteiger partial charge is 0.310 e. The van der Waals surface area contributed by atoms with E-state index < -0.39 is 0 Å². The predicted octanol–water partition coefficient (Wildman–Crippen LogP) is 2.27. The Kier molecular flexibility index (Phi) is 5.55. The maximum Gasteiger partial charge on any atom is 0.310 e. The molecular weight excluding hydrogens is 242 g/mol. The molecule has 0 saturated carbocycles. The molecule has 0 bridgehead atoms. The lowest BCUT2D eigenvalue weighted by atomic mass is 10.1. The molecule has 0 aromatic heterocycles. The van der Waals surface area contributed by atoms with E-state index >= 15 is 0 Å². The summed E-state index contributed by atoms with van der Waals surface area (Å²) in [5.41, 5.74) is 1.62. The van der Waals surface area contributed by atoms with E-state index in [1.165, 1.54) is 7.11 Å². The van der Waals surface area contributed by atoms with Gasteiger partial charge in [-0.05, 0) is 25.5 Å². The maximum absolute atomic E-state index is 12.4. The van der Waals surface area contributed by atoms with Crippen molar-refractivity contribution < 1.29 is 14.3 Å². The quantitative estimate of drug-likeness (QED) is 0.766. The third kappa shape index (κ3) is 3.81. The van der Waals surface area contributed by atoms with Crippen LogP contribution >= 0.6 is 0 Å². The van der Waals surface area contributed by atoms with Gasteiger partial charge in [-0.25, -0.2) is 0 Å². The number of aryl methyl sites for hydroxylation is 1. The summed E-state index contributed by atoms with van der Waals surface area (Å²) in [7, 11) is 1.36. The average molecular weight is 263 g/mol. The predicted molar refractivity (Wildman–Crippen MR) is 73.9 cm³/mol. The molecule has 4 nitrogen and oxygen atoms in total. The zero-order chi connectivity index (χ0) is 14.4. The Morgan fingerprint density at radius 3 is 2.47 bits per heavy atom. The van der Waals surface area contributed by atoms with Gasteiger partial charge in [-0.1, -0.05) is 25.1 Å². The van der Waals surface area contributed by atoms with Crippen LogP contribution in [-0.2, 0) is 9.53 Å². The summed E-state index contributed by atoms with van der Waals surface area (Å²) < 4.78 is 4.69. The van der Waals surface area contributed by atoms with Gasteiger partial charge in [0.2, 0.25) is 0 Å². The van der Waals surface area contributed by atoms with Gasteiger partial charge < -0.3 is 9.64 Å². The Hall–Kier alpha value is -1.84. The molecule has 104 valence electrons. The van der Waals surface area contributed by atoms with Crippen LogP contribution in [0.1, 0.15) is 29.8 Å². The molecule has 0 heterocycles. The highest BCUT2D eigenvalue weighted by Crippen LogP contribution is 2.12. The summed E-state index contributed by atoms with van der Waals surface area (Å²) in [6.07, 6.45) is 0. The Labute approximate surface area is 114 Å². The zero-order valence-corrected chi connectivity index (χ0v) is 12.0. The fourth-order valence-electron chi connectivity index (χ4n) is 1.95. The summed E-state index contributed by atoms with van der Waals surface area (Å²) in [5.74, 6) is -0.662. The van der Waals surface area contributed by atoms with E-state index in [1.807, 2.05) is 38.1 Å². The van der Waals surface area contributed by atoms with Crippen LogP contribution in [0, 0.1) is 12.8 Å². The second-order valence-corrected chi connectivity index (χ2v) is 4.58. The molecule has 0 aliphatic heterocycles. The van der Waals surface area contributed by atoms with E-state index in [1.54, 1.807) is 11.8 Å². The Bertz CT molecular complexity index is 456. The molecule has 0 radical (unpaired) electrons. The molecule has 1 atom stereocenters. The molecule has 0 aliphatic rings. The standard InChI is InChI=1S/C15H21NO3/c1-5-16(10-12(3)15(18)19-4)14(17)13-9-7-6-8-11(13)2/h6-9,12H,5,10H2,1-4H3. The molecule has 1 aromatic carbocycles. The maximum atomic E-state index is 12.4. The van der Waals surface area contributed by atoms with Gasteiger partial charge >= 0.3 is 5.97 Å². The first-order valence-corrected chi connectivity index (χ1v) is 6.44. The van der Waals surface area contributed by atoms with Gasteiger partial charge in [-0.2, -0.15) is 0 Å². The van der Waals surface area contributed by atoms with Crippen molar-refractivity contribution in [1.29, 1.82) is 0 Å². The fraction of sp³-hybridized carbons (Fsp3) is 0.467. The molecule has 0 saturated heterocycles. The van der Waals surface area contributed by atoms with Crippen LogP contribution in [-0.4, -0.2) is 37.0 Å². The largest absolute Gasteiger partial charge is 0.469 e. The molecule has 0 N–H and O–H groups in total. The molecule has 4 heteroatoms. The SMILES string of the molecule is CCN(CC(C)C(=O)OC)C(=O)c1ccccc1C. The highest BCUT2D eigenvalue weighted by Gasteiger charge is 2.21. The van der Waals surface area contributed by atoms with E-state index in [0.29, 0.717) is 18.7 Å². The normalized spacial score (nSPS) is 11.8. The van der Waals surface area contributed by atoms with Crippen LogP contribution < -0.4 is 0 Å². The van der Waals surface area contributed by atoms with Crippen molar-refractivity contribution in [2.75, 3.05) is 20.2 Å². The van der Waals surface area contributed by atoms with E-state index in [0.717, 1.165) is 5.56 Å². The average Bonchev–Trinajstić information content (AvgIpc) is 2.43.